The summed E-state index contributed by atoms with van der Waals surface area (Å²) < 4.78 is 0. The quantitative estimate of drug-likeness (QED) is 0.313. The highest BCUT2D eigenvalue weighted by molar-refractivity contribution is 14.0. The Kier molecular flexibility index (Phi) is 6.49. The molecular weight excluding hydrogens is 403 g/mol. The Morgan fingerprint density at radius 2 is 1.35 bits per heavy atom. The zero-order chi connectivity index (χ0) is 15.4. The molecule has 0 aromatic heterocycles. The summed E-state index contributed by atoms with van der Waals surface area (Å²) in [6.45, 7) is 1.16. The van der Waals surface area contributed by atoms with Crippen molar-refractivity contribution in [2.75, 3.05) is 0 Å². The molecule has 0 amide bonds. The Morgan fingerprint density at radius 3 is 1.74 bits per heavy atom. The molecule has 7 heteroatoms. The molecule has 2 aliphatic rings. The summed E-state index contributed by atoms with van der Waals surface area (Å²) in [6.07, 6.45) is 4.78. The van der Waals surface area contributed by atoms with E-state index >= 15 is 0 Å². The summed E-state index contributed by atoms with van der Waals surface area (Å²) in [5, 5.41) is 6.37. The van der Waals surface area contributed by atoms with Crippen molar-refractivity contribution in [3.8, 4) is 0 Å². The van der Waals surface area contributed by atoms with Crippen LogP contribution in [0.25, 0.3) is 0 Å². The third kappa shape index (κ3) is 6.64. The average Bonchev–Trinajstić information content (AvgIpc) is 3.40. The normalized spacial score (nSPS) is 18.3. The van der Waals surface area contributed by atoms with Gasteiger partial charge in [-0.2, -0.15) is 0 Å². The zero-order valence-corrected chi connectivity index (χ0v) is 15.5. The standard InChI is InChI=1S/C16H24N6.HI/c17-15(21-13-4-5-13)19-9-11-2-1-3-12(8-11)10-20-16(18)22-14-6-7-14;/h1-3,8,13-14H,4-7,9-10H2,(H3,17,19,21)(H3,18,20,22);1H. The number of nitrogens with zero attached hydrogens (tertiary/aromatic N) is 2. The van der Waals surface area contributed by atoms with Crippen molar-refractivity contribution < 1.29 is 0 Å². The lowest BCUT2D eigenvalue weighted by molar-refractivity contribution is 0.875. The van der Waals surface area contributed by atoms with Gasteiger partial charge in [-0.05, 0) is 36.8 Å². The molecule has 2 fully saturated rings. The molecule has 0 spiro atoms. The van der Waals surface area contributed by atoms with Crippen LogP contribution in [-0.4, -0.2) is 24.0 Å². The largest absolute Gasteiger partial charge is 0.370 e. The van der Waals surface area contributed by atoms with Gasteiger partial charge >= 0.3 is 0 Å². The third-order valence-corrected chi connectivity index (χ3v) is 3.71. The monoisotopic (exact) mass is 428 g/mol. The van der Waals surface area contributed by atoms with Crippen molar-refractivity contribution >= 4 is 35.9 Å². The molecule has 3 rings (SSSR count). The lowest BCUT2D eigenvalue weighted by Gasteiger charge is -2.05. The number of aliphatic imine (C=N–C) groups is 2. The first kappa shape index (κ1) is 17.8. The molecule has 0 aliphatic heterocycles. The van der Waals surface area contributed by atoms with E-state index in [0.29, 0.717) is 37.1 Å². The van der Waals surface area contributed by atoms with Gasteiger partial charge in [0.15, 0.2) is 11.9 Å². The first-order chi connectivity index (χ1) is 10.7. The summed E-state index contributed by atoms with van der Waals surface area (Å²) in [5.41, 5.74) is 13.9. The molecule has 6 N–H and O–H groups in total. The van der Waals surface area contributed by atoms with Crippen LogP contribution >= 0.6 is 24.0 Å². The van der Waals surface area contributed by atoms with Crippen LogP contribution in [-0.2, 0) is 13.1 Å². The van der Waals surface area contributed by atoms with E-state index in [0.717, 1.165) is 11.1 Å². The van der Waals surface area contributed by atoms with Crippen molar-refractivity contribution in [3.05, 3.63) is 35.4 Å². The van der Waals surface area contributed by atoms with Gasteiger partial charge in [-0.15, -0.1) is 24.0 Å². The van der Waals surface area contributed by atoms with Crippen molar-refractivity contribution in [1.82, 2.24) is 10.6 Å². The number of hydrogen-bond acceptors (Lipinski definition) is 2. The second kappa shape index (κ2) is 8.37. The van der Waals surface area contributed by atoms with Gasteiger partial charge in [0.2, 0.25) is 0 Å². The maximum Gasteiger partial charge on any atom is 0.189 e. The molecule has 23 heavy (non-hydrogen) atoms. The predicted octanol–water partition coefficient (Wildman–Crippen LogP) is 1.44. The minimum Gasteiger partial charge on any atom is -0.370 e. The summed E-state index contributed by atoms with van der Waals surface area (Å²) in [4.78, 5) is 8.74. The first-order valence-corrected chi connectivity index (χ1v) is 7.90. The average molecular weight is 428 g/mol. The minimum atomic E-state index is 0. The Morgan fingerprint density at radius 1 is 0.913 bits per heavy atom. The molecule has 0 bridgehead atoms. The van der Waals surface area contributed by atoms with Crippen molar-refractivity contribution in [2.24, 2.45) is 21.5 Å². The van der Waals surface area contributed by atoms with Crippen LogP contribution in [0.1, 0.15) is 36.8 Å². The lowest BCUT2D eigenvalue weighted by atomic mass is 10.1. The molecular formula is C16H25IN6. The Labute approximate surface area is 154 Å². The van der Waals surface area contributed by atoms with Gasteiger partial charge in [-0.25, -0.2) is 9.98 Å². The summed E-state index contributed by atoms with van der Waals surface area (Å²) in [7, 11) is 0. The molecule has 0 unspecified atom stereocenters. The van der Waals surface area contributed by atoms with Crippen LogP contribution in [0, 0.1) is 0 Å². The number of rotatable bonds is 6. The van der Waals surface area contributed by atoms with Gasteiger partial charge in [0.25, 0.3) is 0 Å². The van der Waals surface area contributed by atoms with Crippen molar-refractivity contribution in [3.63, 3.8) is 0 Å². The zero-order valence-electron chi connectivity index (χ0n) is 13.2. The number of benzene rings is 1. The van der Waals surface area contributed by atoms with E-state index in [1.807, 2.05) is 18.2 Å². The fourth-order valence-electron chi connectivity index (χ4n) is 2.14. The van der Waals surface area contributed by atoms with Crippen LogP contribution in [0.4, 0.5) is 0 Å². The second-order valence-corrected chi connectivity index (χ2v) is 6.06. The maximum absolute atomic E-state index is 5.84. The van der Waals surface area contributed by atoms with Crippen LogP contribution in [0.5, 0.6) is 0 Å². The molecule has 0 saturated heterocycles. The molecule has 1 aromatic rings. The highest BCUT2D eigenvalue weighted by Crippen LogP contribution is 2.18. The van der Waals surface area contributed by atoms with Crippen LogP contribution < -0.4 is 22.1 Å². The van der Waals surface area contributed by atoms with Gasteiger partial charge < -0.3 is 22.1 Å². The molecule has 0 radical (unpaired) electrons. The van der Waals surface area contributed by atoms with E-state index in [9.17, 15) is 0 Å². The molecule has 2 aliphatic carbocycles. The molecule has 0 atom stereocenters. The van der Waals surface area contributed by atoms with E-state index in [2.05, 4.69) is 26.7 Å². The Balaban J connectivity index is 0.00000192. The van der Waals surface area contributed by atoms with E-state index in [4.69, 9.17) is 11.5 Å². The van der Waals surface area contributed by atoms with Gasteiger partial charge in [-0.3, -0.25) is 0 Å². The second-order valence-electron chi connectivity index (χ2n) is 6.06. The summed E-state index contributed by atoms with van der Waals surface area (Å²) >= 11 is 0. The van der Waals surface area contributed by atoms with E-state index in [1.54, 1.807) is 0 Å². The third-order valence-electron chi connectivity index (χ3n) is 3.71. The van der Waals surface area contributed by atoms with E-state index < -0.39 is 0 Å². The Hall–Kier alpha value is -1.51. The highest BCUT2D eigenvalue weighted by atomic mass is 127. The van der Waals surface area contributed by atoms with Gasteiger partial charge in [0.05, 0.1) is 13.1 Å². The van der Waals surface area contributed by atoms with E-state index in [-0.39, 0.29) is 24.0 Å². The number of nitrogens with one attached hydrogen (secondary N) is 2. The summed E-state index contributed by atoms with van der Waals surface area (Å²) in [6, 6.07) is 9.28. The number of halogens is 1. The highest BCUT2D eigenvalue weighted by Gasteiger charge is 2.21. The molecule has 2 saturated carbocycles. The lowest BCUT2D eigenvalue weighted by Crippen LogP contribution is -2.33. The molecule has 0 heterocycles. The predicted molar refractivity (Wildman–Crippen MR) is 105 cm³/mol. The van der Waals surface area contributed by atoms with Crippen LogP contribution in [0.3, 0.4) is 0 Å². The van der Waals surface area contributed by atoms with Gasteiger partial charge in [-0.1, -0.05) is 24.3 Å². The Bertz CT molecular complexity index is 530. The van der Waals surface area contributed by atoms with Gasteiger partial charge in [0.1, 0.15) is 0 Å². The maximum atomic E-state index is 5.84. The fourth-order valence-corrected chi connectivity index (χ4v) is 2.14. The number of hydrogen-bond donors (Lipinski definition) is 4. The van der Waals surface area contributed by atoms with Crippen molar-refractivity contribution in [1.29, 1.82) is 0 Å². The first-order valence-electron chi connectivity index (χ1n) is 7.90. The van der Waals surface area contributed by atoms with Gasteiger partial charge in [0, 0.05) is 12.1 Å². The smallest absolute Gasteiger partial charge is 0.189 e. The minimum absolute atomic E-state index is 0. The SMILES string of the molecule is I.NC(=NCc1cccc(CN=C(N)NC2CC2)c1)NC1CC1. The van der Waals surface area contributed by atoms with Crippen LogP contribution in [0.2, 0.25) is 0 Å². The van der Waals surface area contributed by atoms with Crippen molar-refractivity contribution in [2.45, 2.75) is 50.9 Å². The number of guanidine groups is 2. The van der Waals surface area contributed by atoms with E-state index in [1.165, 1.54) is 25.7 Å². The van der Waals surface area contributed by atoms with Crippen LogP contribution in [0.15, 0.2) is 34.3 Å². The topological polar surface area (TPSA) is 101 Å². The fraction of sp³-hybridized carbons (Fsp3) is 0.500. The molecule has 6 nitrogen and oxygen atoms in total. The number of nitrogens with two attached hydrogens (primary N) is 2. The molecule has 126 valence electrons. The summed E-state index contributed by atoms with van der Waals surface area (Å²) in [5.74, 6) is 1.06. The molecule has 1 aromatic carbocycles.